The number of nitrogens with zero attached hydrogens (tertiary/aromatic N) is 2. The smallest absolute Gasteiger partial charge is 0.253 e. The Balaban J connectivity index is 1.34. The minimum Gasteiger partial charge on any atom is -0.472 e. The Hall–Kier alpha value is -2.18. The highest BCUT2D eigenvalue weighted by molar-refractivity contribution is 5.94. The third kappa shape index (κ3) is 3.60. The van der Waals surface area contributed by atoms with Crippen molar-refractivity contribution in [2.75, 3.05) is 18.4 Å². The van der Waals surface area contributed by atoms with E-state index < -0.39 is 0 Å². The first-order valence-electron chi connectivity index (χ1n) is 8.80. The molecule has 0 spiro atoms. The number of amides is 1. The zero-order chi connectivity index (χ0) is 17.2. The lowest BCUT2D eigenvalue weighted by molar-refractivity contribution is -0.127. The zero-order valence-electron chi connectivity index (χ0n) is 14.4. The number of carbonyl (C=O) groups excluding carboxylic acids is 1. The molecular weight excluding hydrogens is 318 g/mol. The summed E-state index contributed by atoms with van der Waals surface area (Å²) in [7, 11) is 0. The fraction of sp³-hybridized carbons (Fsp3) is 0.474. The highest BCUT2D eigenvalue weighted by atomic mass is 16.5. The van der Waals surface area contributed by atoms with Crippen molar-refractivity contribution in [1.82, 2.24) is 9.88 Å². The number of aromatic nitrogens is 1. The number of carbonyl (C=O) groups is 1. The van der Waals surface area contributed by atoms with Gasteiger partial charge in [-0.1, -0.05) is 0 Å². The Morgan fingerprint density at radius 3 is 3.16 bits per heavy atom. The number of pyridine rings is 1. The third-order valence-corrected chi connectivity index (χ3v) is 5.18. The molecule has 2 aliphatic rings. The second kappa shape index (κ2) is 6.98. The van der Waals surface area contributed by atoms with Crippen LogP contribution in [0.15, 0.2) is 41.3 Å². The van der Waals surface area contributed by atoms with Crippen LogP contribution in [-0.2, 0) is 16.1 Å². The average molecular weight is 341 g/mol. The van der Waals surface area contributed by atoms with Gasteiger partial charge in [0.05, 0.1) is 30.0 Å². The Morgan fingerprint density at radius 2 is 2.36 bits per heavy atom. The van der Waals surface area contributed by atoms with Gasteiger partial charge in [0, 0.05) is 24.8 Å². The van der Waals surface area contributed by atoms with Crippen LogP contribution < -0.4 is 5.32 Å². The summed E-state index contributed by atoms with van der Waals surface area (Å²) in [5, 5.41) is 2.96. The van der Waals surface area contributed by atoms with Crippen LogP contribution in [0.3, 0.4) is 0 Å². The molecule has 6 nitrogen and oxygen atoms in total. The zero-order valence-corrected chi connectivity index (χ0v) is 14.4. The van der Waals surface area contributed by atoms with E-state index in [2.05, 4.69) is 15.2 Å². The Kier molecular flexibility index (Phi) is 4.55. The van der Waals surface area contributed by atoms with Gasteiger partial charge < -0.3 is 14.5 Å². The summed E-state index contributed by atoms with van der Waals surface area (Å²) in [5.41, 5.74) is 2.75. The highest BCUT2D eigenvalue weighted by Gasteiger charge is 2.41. The second-order valence-electron chi connectivity index (χ2n) is 6.94. The van der Waals surface area contributed by atoms with Crippen LogP contribution in [0.4, 0.5) is 5.69 Å². The highest BCUT2D eigenvalue weighted by Crippen LogP contribution is 2.34. The van der Waals surface area contributed by atoms with Crippen molar-refractivity contribution in [2.45, 2.75) is 38.5 Å². The van der Waals surface area contributed by atoms with E-state index in [1.54, 1.807) is 18.7 Å². The number of anilines is 1. The van der Waals surface area contributed by atoms with Gasteiger partial charge in [0.1, 0.15) is 6.10 Å². The van der Waals surface area contributed by atoms with Crippen LogP contribution in [0.1, 0.15) is 24.1 Å². The molecule has 1 N–H and O–H groups in total. The summed E-state index contributed by atoms with van der Waals surface area (Å²) < 4.78 is 11.2. The van der Waals surface area contributed by atoms with Gasteiger partial charge in [0.2, 0.25) is 0 Å². The van der Waals surface area contributed by atoms with Gasteiger partial charge in [-0.25, -0.2) is 0 Å². The number of aryl methyl sites for hydroxylation is 1. The molecule has 1 amide bonds. The van der Waals surface area contributed by atoms with Crippen LogP contribution in [0, 0.1) is 12.8 Å². The maximum Gasteiger partial charge on any atom is 0.253 e. The first-order valence-corrected chi connectivity index (χ1v) is 8.80. The number of furan rings is 1. The normalized spacial score (nSPS) is 26.4. The summed E-state index contributed by atoms with van der Waals surface area (Å²) >= 11 is 0. The molecular formula is C19H23N3O3. The van der Waals surface area contributed by atoms with E-state index in [4.69, 9.17) is 9.15 Å². The molecule has 0 unspecified atom stereocenters. The summed E-state index contributed by atoms with van der Waals surface area (Å²) in [4.78, 5) is 19.1. The van der Waals surface area contributed by atoms with Crippen molar-refractivity contribution < 1.29 is 13.9 Å². The molecule has 4 heterocycles. The topological polar surface area (TPSA) is 67.6 Å². The molecule has 2 aliphatic heterocycles. The van der Waals surface area contributed by atoms with Gasteiger partial charge in [-0.2, -0.15) is 0 Å². The van der Waals surface area contributed by atoms with Crippen LogP contribution in [-0.4, -0.2) is 41.1 Å². The van der Waals surface area contributed by atoms with E-state index in [1.807, 2.05) is 25.1 Å². The summed E-state index contributed by atoms with van der Waals surface area (Å²) in [5.74, 6) is 0.401. The van der Waals surface area contributed by atoms with E-state index >= 15 is 0 Å². The van der Waals surface area contributed by atoms with E-state index in [1.165, 1.54) is 5.56 Å². The molecule has 4 rings (SSSR count). The van der Waals surface area contributed by atoms with Crippen molar-refractivity contribution >= 4 is 11.6 Å². The quantitative estimate of drug-likeness (QED) is 0.926. The maximum absolute atomic E-state index is 12.6. The molecule has 25 heavy (non-hydrogen) atoms. The predicted octanol–water partition coefficient (Wildman–Crippen LogP) is 2.60. The number of nitrogens with one attached hydrogen (secondary N) is 1. The predicted molar refractivity (Wildman–Crippen MR) is 93.0 cm³/mol. The number of fused-ring (bicyclic) bond motifs is 1. The van der Waals surface area contributed by atoms with Gasteiger partial charge in [-0.15, -0.1) is 0 Å². The molecule has 0 aromatic carbocycles. The molecule has 2 aromatic heterocycles. The molecule has 0 bridgehead atoms. The number of rotatable bonds is 4. The fourth-order valence-corrected chi connectivity index (χ4v) is 3.78. The number of ether oxygens (including phenoxy) is 1. The first-order chi connectivity index (χ1) is 12.2. The lowest BCUT2D eigenvalue weighted by Gasteiger charge is -2.33. The molecule has 3 atom stereocenters. The molecule has 0 radical (unpaired) electrons. The largest absolute Gasteiger partial charge is 0.472 e. The van der Waals surface area contributed by atoms with E-state index in [9.17, 15) is 4.79 Å². The van der Waals surface area contributed by atoms with Gasteiger partial charge in [-0.3, -0.25) is 14.7 Å². The van der Waals surface area contributed by atoms with Crippen molar-refractivity contribution in [3.05, 3.63) is 48.2 Å². The SMILES string of the molecule is Cc1ncccc1NC(=O)[C@@H]1C[C@H]2CCN(Cc3ccoc3)C[C@@H]2O1. The molecule has 6 heteroatoms. The fourth-order valence-electron chi connectivity index (χ4n) is 3.78. The maximum atomic E-state index is 12.6. The Bertz CT molecular complexity index is 731. The molecule has 2 fully saturated rings. The monoisotopic (exact) mass is 341 g/mol. The van der Waals surface area contributed by atoms with Crippen LogP contribution >= 0.6 is 0 Å². The van der Waals surface area contributed by atoms with Gasteiger partial charge in [0.25, 0.3) is 5.91 Å². The van der Waals surface area contributed by atoms with Crippen molar-refractivity contribution in [3.63, 3.8) is 0 Å². The van der Waals surface area contributed by atoms with Crippen molar-refractivity contribution in [2.24, 2.45) is 5.92 Å². The minimum atomic E-state index is -0.372. The van der Waals surface area contributed by atoms with Gasteiger partial charge in [0.15, 0.2) is 0 Å². The number of hydrogen-bond donors (Lipinski definition) is 1. The lowest BCUT2D eigenvalue weighted by atomic mass is 9.91. The number of likely N-dealkylation sites (tertiary alicyclic amines) is 1. The second-order valence-corrected chi connectivity index (χ2v) is 6.94. The first kappa shape index (κ1) is 16.3. The molecule has 132 valence electrons. The number of piperidine rings is 1. The summed E-state index contributed by atoms with van der Waals surface area (Å²) in [6.07, 6.45) is 6.84. The summed E-state index contributed by atoms with van der Waals surface area (Å²) in [6, 6.07) is 5.69. The van der Waals surface area contributed by atoms with E-state index in [0.717, 1.165) is 43.9 Å². The summed E-state index contributed by atoms with van der Waals surface area (Å²) in [6.45, 7) is 4.66. The Labute approximate surface area is 147 Å². The van der Waals surface area contributed by atoms with Crippen LogP contribution in [0.25, 0.3) is 0 Å². The van der Waals surface area contributed by atoms with Crippen molar-refractivity contribution in [3.8, 4) is 0 Å². The molecule has 0 saturated carbocycles. The van der Waals surface area contributed by atoms with Gasteiger partial charge >= 0.3 is 0 Å². The van der Waals surface area contributed by atoms with Crippen LogP contribution in [0.2, 0.25) is 0 Å². The van der Waals surface area contributed by atoms with E-state index in [-0.39, 0.29) is 18.1 Å². The third-order valence-electron chi connectivity index (χ3n) is 5.18. The average Bonchev–Trinajstić information content (AvgIpc) is 3.26. The molecule has 0 aliphatic carbocycles. The van der Waals surface area contributed by atoms with Crippen molar-refractivity contribution in [1.29, 1.82) is 0 Å². The molecule has 2 saturated heterocycles. The standard InChI is InChI=1S/C19H23N3O3/c1-13-16(3-2-6-20-13)21-19(23)17-9-15-4-7-22(11-18(15)25-17)10-14-5-8-24-12-14/h2-3,5-6,8,12,15,17-18H,4,7,9-11H2,1H3,(H,21,23)/t15-,17+,18+/m1/s1. The van der Waals surface area contributed by atoms with Gasteiger partial charge in [-0.05, 0) is 50.4 Å². The van der Waals surface area contributed by atoms with E-state index in [0.29, 0.717) is 5.92 Å². The lowest BCUT2D eigenvalue weighted by Crippen LogP contribution is -2.41. The van der Waals surface area contributed by atoms with Crippen LogP contribution in [0.5, 0.6) is 0 Å². The minimum absolute atomic E-state index is 0.0631. The molecule has 2 aromatic rings. The Morgan fingerprint density at radius 1 is 1.44 bits per heavy atom. The number of hydrogen-bond acceptors (Lipinski definition) is 5.